The van der Waals surface area contributed by atoms with Gasteiger partial charge < -0.3 is 9.72 Å². The van der Waals surface area contributed by atoms with Gasteiger partial charge in [-0.1, -0.05) is 19.1 Å². The van der Waals surface area contributed by atoms with Crippen molar-refractivity contribution in [2.45, 2.75) is 52.7 Å². The van der Waals surface area contributed by atoms with Crippen LogP contribution < -0.4 is 0 Å². The van der Waals surface area contributed by atoms with Crippen molar-refractivity contribution >= 4 is 17.1 Å². The molecule has 1 fully saturated rings. The lowest BCUT2D eigenvalue weighted by atomic mass is 10.0. The van der Waals surface area contributed by atoms with E-state index in [0.717, 1.165) is 28.8 Å². The molecule has 0 bridgehead atoms. The van der Waals surface area contributed by atoms with Crippen molar-refractivity contribution in [3.8, 4) is 0 Å². The number of likely N-dealkylation sites (tertiary alicyclic amines) is 1. The topological polar surface area (TPSA) is 58.2 Å². The van der Waals surface area contributed by atoms with Crippen LogP contribution in [0.3, 0.4) is 0 Å². The zero-order valence-corrected chi connectivity index (χ0v) is 14.5. The Morgan fingerprint density at radius 2 is 2.13 bits per heavy atom. The molecule has 23 heavy (non-hydrogen) atoms. The monoisotopic (exact) mass is 315 g/mol. The minimum absolute atomic E-state index is 0.0587. The first-order chi connectivity index (χ1) is 10.8. The van der Waals surface area contributed by atoms with Crippen LogP contribution in [0.5, 0.6) is 0 Å². The summed E-state index contributed by atoms with van der Waals surface area (Å²) in [5.74, 6) is 1.20. The number of rotatable bonds is 1. The Labute approximate surface area is 137 Å². The lowest BCUT2D eigenvalue weighted by Crippen LogP contribution is -2.37. The first kappa shape index (κ1) is 15.8. The van der Waals surface area contributed by atoms with E-state index >= 15 is 0 Å². The van der Waals surface area contributed by atoms with Crippen LogP contribution in [0.15, 0.2) is 18.2 Å². The highest BCUT2D eigenvalue weighted by Crippen LogP contribution is 2.37. The highest BCUT2D eigenvalue weighted by Gasteiger charge is 2.39. The van der Waals surface area contributed by atoms with E-state index in [1.54, 1.807) is 0 Å². The third-order valence-electron chi connectivity index (χ3n) is 4.34. The Kier molecular flexibility index (Phi) is 3.82. The second-order valence-electron chi connectivity index (χ2n) is 7.48. The second kappa shape index (κ2) is 5.55. The van der Waals surface area contributed by atoms with Gasteiger partial charge in [0.05, 0.1) is 17.1 Å². The molecular formula is C18H25N3O2. The van der Waals surface area contributed by atoms with Gasteiger partial charge in [0.2, 0.25) is 0 Å². The fourth-order valence-corrected chi connectivity index (χ4v) is 3.22. The average Bonchev–Trinajstić information content (AvgIpc) is 3.00. The molecule has 0 spiro atoms. The number of aryl methyl sites for hydroxylation is 1. The van der Waals surface area contributed by atoms with E-state index in [0.29, 0.717) is 12.5 Å². The van der Waals surface area contributed by atoms with Crippen molar-refractivity contribution in [3.05, 3.63) is 29.6 Å². The Hall–Kier alpha value is -2.04. The molecule has 1 N–H and O–H groups in total. The molecule has 1 aromatic carbocycles. The highest BCUT2D eigenvalue weighted by atomic mass is 16.6. The van der Waals surface area contributed by atoms with Gasteiger partial charge in [0.25, 0.3) is 0 Å². The van der Waals surface area contributed by atoms with Crippen LogP contribution >= 0.6 is 0 Å². The molecule has 5 nitrogen and oxygen atoms in total. The summed E-state index contributed by atoms with van der Waals surface area (Å²) >= 11 is 0. The number of hydrogen-bond acceptors (Lipinski definition) is 3. The maximum atomic E-state index is 12.5. The molecule has 3 rings (SSSR count). The first-order valence-electron chi connectivity index (χ1n) is 8.21. The molecule has 1 saturated heterocycles. The van der Waals surface area contributed by atoms with E-state index in [4.69, 9.17) is 9.72 Å². The summed E-state index contributed by atoms with van der Waals surface area (Å²) in [4.78, 5) is 22.5. The number of hydrogen-bond donors (Lipinski definition) is 1. The van der Waals surface area contributed by atoms with Gasteiger partial charge in [-0.2, -0.15) is 0 Å². The van der Waals surface area contributed by atoms with E-state index in [2.05, 4.69) is 24.9 Å². The standard InChI is InChI=1S/C18H25N3O2/c1-11-7-6-8-13-14(11)20-16(19-13)15-12(2)9-10-21(15)17(22)23-18(3,4)5/h6-8,12,15H,9-10H2,1-5H3,(H,19,20)/t12-,15-/m0/s1. The smallest absolute Gasteiger partial charge is 0.410 e. The fourth-order valence-electron chi connectivity index (χ4n) is 3.22. The number of carbonyl (C=O) groups excluding carboxylic acids is 1. The van der Waals surface area contributed by atoms with Crippen molar-refractivity contribution in [1.29, 1.82) is 0 Å². The van der Waals surface area contributed by atoms with Crippen LogP contribution in [0, 0.1) is 12.8 Å². The van der Waals surface area contributed by atoms with Gasteiger partial charge in [-0.3, -0.25) is 4.90 Å². The third-order valence-corrected chi connectivity index (χ3v) is 4.34. The van der Waals surface area contributed by atoms with E-state index < -0.39 is 5.60 Å². The molecule has 1 aliphatic rings. The maximum Gasteiger partial charge on any atom is 0.410 e. The number of carbonyl (C=O) groups is 1. The lowest BCUT2D eigenvalue weighted by molar-refractivity contribution is 0.0202. The molecule has 2 atom stereocenters. The number of aromatic amines is 1. The summed E-state index contributed by atoms with van der Waals surface area (Å²) in [6.07, 6.45) is 0.698. The van der Waals surface area contributed by atoms with Crippen LogP contribution in [0.25, 0.3) is 11.0 Å². The summed E-state index contributed by atoms with van der Waals surface area (Å²) in [5.41, 5.74) is 2.64. The van der Waals surface area contributed by atoms with Crippen LogP contribution in [0.1, 0.15) is 51.5 Å². The molecule has 0 unspecified atom stereocenters. The minimum atomic E-state index is -0.488. The number of nitrogens with zero attached hydrogens (tertiary/aromatic N) is 2. The van der Waals surface area contributed by atoms with Crippen molar-refractivity contribution in [3.63, 3.8) is 0 Å². The Morgan fingerprint density at radius 1 is 1.39 bits per heavy atom. The van der Waals surface area contributed by atoms with Gasteiger partial charge in [-0.05, 0) is 51.7 Å². The molecule has 5 heteroatoms. The number of para-hydroxylation sites is 1. The normalized spacial score (nSPS) is 21.9. The van der Waals surface area contributed by atoms with Crippen molar-refractivity contribution < 1.29 is 9.53 Å². The summed E-state index contributed by atoms with van der Waals surface area (Å²) in [7, 11) is 0. The summed E-state index contributed by atoms with van der Waals surface area (Å²) < 4.78 is 5.56. The van der Waals surface area contributed by atoms with E-state index in [-0.39, 0.29) is 12.1 Å². The average molecular weight is 315 g/mol. The van der Waals surface area contributed by atoms with Gasteiger partial charge in [0.1, 0.15) is 11.4 Å². The van der Waals surface area contributed by atoms with Crippen LogP contribution in [-0.2, 0) is 4.74 Å². The predicted octanol–water partition coefficient (Wildman–Crippen LogP) is 4.19. The number of amides is 1. The molecule has 2 heterocycles. The number of benzene rings is 1. The minimum Gasteiger partial charge on any atom is -0.444 e. The molecule has 1 aromatic heterocycles. The number of aromatic nitrogens is 2. The number of ether oxygens (including phenoxy) is 1. The fraction of sp³-hybridized carbons (Fsp3) is 0.556. The number of nitrogens with one attached hydrogen (secondary N) is 1. The Balaban J connectivity index is 1.94. The second-order valence-corrected chi connectivity index (χ2v) is 7.48. The van der Waals surface area contributed by atoms with E-state index in [1.165, 1.54) is 0 Å². The third kappa shape index (κ3) is 3.05. The molecule has 0 saturated carbocycles. The number of fused-ring (bicyclic) bond motifs is 1. The van der Waals surface area contributed by atoms with E-state index in [1.807, 2.05) is 37.8 Å². The van der Waals surface area contributed by atoms with E-state index in [9.17, 15) is 4.79 Å². The Morgan fingerprint density at radius 3 is 2.78 bits per heavy atom. The quantitative estimate of drug-likeness (QED) is 0.858. The molecule has 1 aliphatic heterocycles. The van der Waals surface area contributed by atoms with Crippen LogP contribution in [0.2, 0.25) is 0 Å². The van der Waals surface area contributed by atoms with Crippen molar-refractivity contribution in [2.75, 3.05) is 6.54 Å². The molecular weight excluding hydrogens is 290 g/mol. The summed E-state index contributed by atoms with van der Waals surface area (Å²) in [6, 6.07) is 6.03. The lowest BCUT2D eigenvalue weighted by Gasteiger charge is -2.28. The van der Waals surface area contributed by atoms with Gasteiger partial charge in [0, 0.05) is 6.54 Å². The summed E-state index contributed by atoms with van der Waals surface area (Å²) in [6.45, 7) is 10.6. The molecule has 124 valence electrons. The predicted molar refractivity (Wildman–Crippen MR) is 90.3 cm³/mol. The largest absolute Gasteiger partial charge is 0.444 e. The van der Waals surface area contributed by atoms with Crippen molar-refractivity contribution in [1.82, 2.24) is 14.9 Å². The molecule has 0 aliphatic carbocycles. The number of H-pyrrole nitrogens is 1. The van der Waals surface area contributed by atoms with Gasteiger partial charge in [-0.25, -0.2) is 9.78 Å². The Bertz CT molecular complexity index is 729. The van der Waals surface area contributed by atoms with Crippen LogP contribution in [0.4, 0.5) is 4.79 Å². The van der Waals surface area contributed by atoms with Gasteiger partial charge in [-0.15, -0.1) is 0 Å². The zero-order chi connectivity index (χ0) is 16.8. The zero-order valence-electron chi connectivity index (χ0n) is 14.5. The molecule has 0 radical (unpaired) electrons. The van der Waals surface area contributed by atoms with Gasteiger partial charge >= 0.3 is 6.09 Å². The molecule has 1 amide bonds. The maximum absolute atomic E-state index is 12.5. The molecule has 2 aromatic rings. The SMILES string of the molecule is Cc1cccc2[nH]c([C@@H]3[C@@H](C)CCN3C(=O)OC(C)(C)C)nc12. The van der Waals surface area contributed by atoms with Crippen molar-refractivity contribution in [2.24, 2.45) is 5.92 Å². The highest BCUT2D eigenvalue weighted by molar-refractivity contribution is 5.79. The van der Waals surface area contributed by atoms with Gasteiger partial charge in [0.15, 0.2) is 0 Å². The summed E-state index contributed by atoms with van der Waals surface area (Å²) in [5, 5.41) is 0. The van der Waals surface area contributed by atoms with Crippen LogP contribution in [-0.4, -0.2) is 33.1 Å². The first-order valence-corrected chi connectivity index (χ1v) is 8.21. The number of imidazole rings is 1.